The van der Waals surface area contributed by atoms with E-state index in [9.17, 15) is 0 Å². The van der Waals surface area contributed by atoms with Crippen LogP contribution in [0.5, 0.6) is 11.5 Å². The summed E-state index contributed by atoms with van der Waals surface area (Å²) < 4.78 is 10.4. The van der Waals surface area contributed by atoms with Crippen molar-refractivity contribution in [3.05, 3.63) is 23.8 Å². The number of likely N-dealkylation sites (N-methyl/N-ethyl adjacent to an activating group) is 1. The van der Waals surface area contributed by atoms with Gasteiger partial charge in [-0.25, -0.2) is 0 Å². The van der Waals surface area contributed by atoms with Crippen molar-refractivity contribution in [2.45, 2.75) is 5.38 Å². The van der Waals surface area contributed by atoms with Crippen molar-refractivity contribution in [1.82, 2.24) is 4.90 Å². The lowest BCUT2D eigenvalue weighted by molar-refractivity contribution is 0.379. The molecule has 0 saturated carbocycles. The average Bonchev–Trinajstić information content (AvgIpc) is 2.27. The van der Waals surface area contributed by atoms with Gasteiger partial charge in [0.05, 0.1) is 19.6 Å². The van der Waals surface area contributed by atoms with Crippen molar-refractivity contribution in [2.24, 2.45) is 0 Å². The zero-order valence-electron chi connectivity index (χ0n) is 10.2. The van der Waals surface area contributed by atoms with Gasteiger partial charge >= 0.3 is 0 Å². The summed E-state index contributed by atoms with van der Waals surface area (Å²) in [6.07, 6.45) is 0. The molecule has 4 heteroatoms. The third-order valence-corrected chi connectivity index (χ3v) is 2.68. The number of benzene rings is 1. The van der Waals surface area contributed by atoms with E-state index < -0.39 is 0 Å². The molecule has 0 aliphatic carbocycles. The fourth-order valence-electron chi connectivity index (χ4n) is 1.50. The molecule has 0 bridgehead atoms. The highest BCUT2D eigenvalue weighted by Crippen LogP contribution is 2.32. The molecule has 0 spiro atoms. The molecule has 1 aromatic rings. The van der Waals surface area contributed by atoms with Crippen LogP contribution in [0.1, 0.15) is 10.9 Å². The van der Waals surface area contributed by atoms with E-state index in [0.29, 0.717) is 0 Å². The number of halogens is 1. The minimum atomic E-state index is -0.0872. The largest absolute Gasteiger partial charge is 0.497 e. The summed E-state index contributed by atoms with van der Waals surface area (Å²) in [5, 5.41) is -0.0872. The number of alkyl halides is 1. The molecule has 1 atom stereocenters. The molecule has 0 aromatic heterocycles. The van der Waals surface area contributed by atoms with E-state index in [1.54, 1.807) is 14.2 Å². The van der Waals surface area contributed by atoms with Crippen LogP contribution >= 0.6 is 11.6 Å². The van der Waals surface area contributed by atoms with Gasteiger partial charge in [-0.15, -0.1) is 11.6 Å². The van der Waals surface area contributed by atoms with Crippen LogP contribution in [0.4, 0.5) is 0 Å². The van der Waals surface area contributed by atoms with Crippen LogP contribution in [-0.4, -0.2) is 39.8 Å². The Hall–Kier alpha value is -0.930. The normalized spacial score (nSPS) is 12.6. The second-order valence-electron chi connectivity index (χ2n) is 3.84. The number of rotatable bonds is 5. The Labute approximate surface area is 102 Å². The molecule has 0 amide bonds. The first-order valence-corrected chi connectivity index (χ1v) is 5.53. The van der Waals surface area contributed by atoms with Crippen LogP contribution in [0.2, 0.25) is 0 Å². The molecule has 0 aliphatic heterocycles. The minimum absolute atomic E-state index is 0.0872. The van der Waals surface area contributed by atoms with Crippen LogP contribution in [0.15, 0.2) is 18.2 Å². The fourth-order valence-corrected chi connectivity index (χ4v) is 1.95. The smallest absolute Gasteiger partial charge is 0.127 e. The number of methoxy groups -OCH3 is 2. The van der Waals surface area contributed by atoms with Gasteiger partial charge in [0.15, 0.2) is 0 Å². The highest BCUT2D eigenvalue weighted by Gasteiger charge is 2.14. The number of hydrogen-bond acceptors (Lipinski definition) is 3. The number of nitrogens with zero attached hydrogens (tertiary/aromatic N) is 1. The minimum Gasteiger partial charge on any atom is -0.497 e. The summed E-state index contributed by atoms with van der Waals surface area (Å²) in [7, 11) is 7.25. The van der Waals surface area contributed by atoms with Gasteiger partial charge in [0, 0.05) is 18.2 Å². The molecule has 90 valence electrons. The predicted molar refractivity (Wildman–Crippen MR) is 66.7 cm³/mol. The van der Waals surface area contributed by atoms with Crippen molar-refractivity contribution in [2.75, 3.05) is 34.9 Å². The molecule has 0 radical (unpaired) electrons. The second-order valence-corrected chi connectivity index (χ2v) is 4.36. The number of hydrogen-bond donors (Lipinski definition) is 0. The van der Waals surface area contributed by atoms with Crippen LogP contribution < -0.4 is 9.47 Å². The maximum Gasteiger partial charge on any atom is 0.127 e. The first-order chi connectivity index (χ1) is 7.58. The molecule has 0 N–H and O–H groups in total. The van der Waals surface area contributed by atoms with Gasteiger partial charge in [0.25, 0.3) is 0 Å². The molecule has 0 aliphatic rings. The average molecular weight is 244 g/mol. The monoisotopic (exact) mass is 243 g/mol. The van der Waals surface area contributed by atoms with Gasteiger partial charge in [-0.2, -0.15) is 0 Å². The molecular formula is C12H18ClNO2. The Morgan fingerprint density at radius 2 is 1.94 bits per heavy atom. The van der Waals surface area contributed by atoms with Gasteiger partial charge in [0.2, 0.25) is 0 Å². The molecule has 1 aromatic carbocycles. The lowest BCUT2D eigenvalue weighted by Gasteiger charge is -2.18. The summed E-state index contributed by atoms with van der Waals surface area (Å²) in [5.41, 5.74) is 0.985. The Morgan fingerprint density at radius 1 is 1.25 bits per heavy atom. The molecule has 0 fully saturated rings. The first-order valence-electron chi connectivity index (χ1n) is 5.09. The van der Waals surface area contributed by atoms with E-state index in [2.05, 4.69) is 0 Å². The maximum atomic E-state index is 6.32. The third kappa shape index (κ3) is 3.29. The summed E-state index contributed by atoms with van der Waals surface area (Å²) in [6, 6.07) is 5.68. The Morgan fingerprint density at radius 3 is 2.44 bits per heavy atom. The quantitative estimate of drug-likeness (QED) is 0.742. The van der Waals surface area contributed by atoms with Crippen LogP contribution in [0, 0.1) is 0 Å². The zero-order chi connectivity index (χ0) is 12.1. The van der Waals surface area contributed by atoms with Crippen LogP contribution in [0.25, 0.3) is 0 Å². The van der Waals surface area contributed by atoms with Gasteiger partial charge in [-0.05, 0) is 20.2 Å². The summed E-state index contributed by atoms with van der Waals surface area (Å²) in [5.74, 6) is 1.54. The van der Waals surface area contributed by atoms with E-state index in [-0.39, 0.29) is 5.38 Å². The highest BCUT2D eigenvalue weighted by atomic mass is 35.5. The Kier molecular flexibility index (Phi) is 4.90. The van der Waals surface area contributed by atoms with Gasteiger partial charge in [-0.1, -0.05) is 6.07 Å². The second kappa shape index (κ2) is 5.97. The Bertz CT molecular complexity index is 342. The lowest BCUT2D eigenvalue weighted by Crippen LogP contribution is -2.17. The summed E-state index contributed by atoms with van der Waals surface area (Å²) >= 11 is 6.32. The van der Waals surface area contributed by atoms with E-state index in [0.717, 1.165) is 23.6 Å². The van der Waals surface area contributed by atoms with Crippen molar-refractivity contribution < 1.29 is 9.47 Å². The van der Waals surface area contributed by atoms with Crippen molar-refractivity contribution in [3.8, 4) is 11.5 Å². The topological polar surface area (TPSA) is 21.7 Å². The van der Waals surface area contributed by atoms with Gasteiger partial charge in [-0.3, -0.25) is 0 Å². The molecule has 3 nitrogen and oxygen atoms in total. The lowest BCUT2D eigenvalue weighted by atomic mass is 10.1. The van der Waals surface area contributed by atoms with Crippen molar-refractivity contribution >= 4 is 11.6 Å². The standard InChI is InChI=1S/C12H18ClNO2/c1-14(2)8-11(13)10-6-5-9(15-3)7-12(10)16-4/h5-7,11H,8H2,1-4H3. The molecule has 1 unspecified atom stereocenters. The third-order valence-electron chi connectivity index (χ3n) is 2.30. The molecule has 1 rings (SSSR count). The van der Waals surface area contributed by atoms with E-state index in [1.165, 1.54) is 0 Å². The molecule has 16 heavy (non-hydrogen) atoms. The molecular weight excluding hydrogens is 226 g/mol. The maximum absolute atomic E-state index is 6.32. The van der Waals surface area contributed by atoms with E-state index >= 15 is 0 Å². The predicted octanol–water partition coefficient (Wildman–Crippen LogP) is 2.55. The Balaban J connectivity index is 2.94. The van der Waals surface area contributed by atoms with E-state index in [4.69, 9.17) is 21.1 Å². The fraction of sp³-hybridized carbons (Fsp3) is 0.500. The SMILES string of the molecule is COc1ccc(C(Cl)CN(C)C)c(OC)c1. The van der Waals surface area contributed by atoms with Crippen LogP contribution in [0.3, 0.4) is 0 Å². The van der Waals surface area contributed by atoms with Crippen molar-refractivity contribution in [3.63, 3.8) is 0 Å². The summed E-state index contributed by atoms with van der Waals surface area (Å²) in [4.78, 5) is 2.04. The molecule has 0 heterocycles. The van der Waals surface area contributed by atoms with Gasteiger partial charge in [0.1, 0.15) is 11.5 Å². The van der Waals surface area contributed by atoms with Gasteiger partial charge < -0.3 is 14.4 Å². The zero-order valence-corrected chi connectivity index (χ0v) is 10.9. The van der Waals surface area contributed by atoms with Crippen LogP contribution in [-0.2, 0) is 0 Å². The van der Waals surface area contributed by atoms with Crippen molar-refractivity contribution in [1.29, 1.82) is 0 Å². The summed E-state index contributed by atoms with van der Waals surface area (Å²) in [6.45, 7) is 0.768. The number of ether oxygens (including phenoxy) is 2. The van der Waals surface area contributed by atoms with E-state index in [1.807, 2.05) is 37.2 Å². The first kappa shape index (κ1) is 13.1. The highest BCUT2D eigenvalue weighted by molar-refractivity contribution is 6.21. The molecule has 0 saturated heterocycles.